The van der Waals surface area contributed by atoms with Gasteiger partial charge in [-0.15, -0.1) is 0 Å². The molecule has 0 aromatic heterocycles. The Balaban J connectivity index is 1.44. The number of ether oxygens (including phenoxy) is 2. The van der Waals surface area contributed by atoms with Gasteiger partial charge in [-0.1, -0.05) is 18.2 Å². The van der Waals surface area contributed by atoms with Crippen LogP contribution in [0.15, 0.2) is 59.7 Å². The van der Waals surface area contributed by atoms with E-state index < -0.39 is 17.6 Å². The van der Waals surface area contributed by atoms with Gasteiger partial charge in [0.2, 0.25) is 0 Å². The Bertz CT molecular complexity index is 1030. The molecule has 1 fully saturated rings. The third-order valence-corrected chi connectivity index (χ3v) is 5.61. The lowest BCUT2D eigenvalue weighted by molar-refractivity contribution is -0.156. The zero-order valence-electron chi connectivity index (χ0n) is 19.9. The molecule has 0 spiro atoms. The molecule has 2 aromatic rings. The number of para-hydroxylation sites is 1. The van der Waals surface area contributed by atoms with Gasteiger partial charge in [0.05, 0.1) is 5.69 Å². The van der Waals surface area contributed by atoms with Gasteiger partial charge < -0.3 is 20.1 Å². The summed E-state index contributed by atoms with van der Waals surface area (Å²) in [5, 5.41) is 12.5. The molecule has 0 radical (unpaired) electrons. The maximum atomic E-state index is 13.0. The highest BCUT2D eigenvalue weighted by Crippen LogP contribution is 2.27. The quantitative estimate of drug-likeness (QED) is 0.623. The first kappa shape index (κ1) is 23.8. The maximum absolute atomic E-state index is 13.0. The van der Waals surface area contributed by atoms with E-state index in [2.05, 4.69) is 15.7 Å². The highest BCUT2D eigenvalue weighted by molar-refractivity contribution is 6.44. The first-order chi connectivity index (χ1) is 16.3. The van der Waals surface area contributed by atoms with Gasteiger partial charge in [-0.2, -0.15) is 5.10 Å². The number of hydrazone groups is 1. The predicted molar refractivity (Wildman–Crippen MR) is 133 cm³/mol. The lowest BCUT2D eigenvalue weighted by Crippen LogP contribution is -2.40. The van der Waals surface area contributed by atoms with Crippen LogP contribution in [0.3, 0.4) is 0 Å². The lowest BCUT2D eigenvalue weighted by atomic mass is 10.1. The molecule has 1 amide bonds. The topological polar surface area (TPSA) is 92.3 Å². The summed E-state index contributed by atoms with van der Waals surface area (Å²) >= 11 is 0. The molecule has 8 heteroatoms. The van der Waals surface area contributed by atoms with E-state index in [1.807, 2.05) is 75.4 Å². The summed E-state index contributed by atoms with van der Waals surface area (Å²) in [6.45, 7) is 7.02. The van der Waals surface area contributed by atoms with Gasteiger partial charge in [-0.3, -0.25) is 9.80 Å². The van der Waals surface area contributed by atoms with Crippen molar-refractivity contribution in [3.05, 3.63) is 54.6 Å². The van der Waals surface area contributed by atoms with Crippen LogP contribution in [0.4, 0.5) is 17.1 Å². The van der Waals surface area contributed by atoms with Crippen molar-refractivity contribution in [3.8, 4) is 0 Å². The number of carbonyl (C=O) groups excluding carboxylic acids is 2. The van der Waals surface area contributed by atoms with E-state index in [1.54, 1.807) is 5.01 Å². The van der Waals surface area contributed by atoms with Gasteiger partial charge in [0.15, 0.2) is 6.04 Å². The summed E-state index contributed by atoms with van der Waals surface area (Å²) in [5.74, 6) is -0.747. The molecule has 8 nitrogen and oxygen atoms in total. The van der Waals surface area contributed by atoms with Crippen molar-refractivity contribution >= 4 is 34.7 Å². The first-order valence-corrected chi connectivity index (χ1v) is 11.7. The number of rotatable bonds is 6. The van der Waals surface area contributed by atoms with Crippen LogP contribution in [0.5, 0.6) is 0 Å². The molecule has 2 aliphatic rings. The first-order valence-electron chi connectivity index (χ1n) is 11.7. The number of amides is 1. The van der Waals surface area contributed by atoms with Crippen LogP contribution in [0.25, 0.3) is 0 Å². The summed E-state index contributed by atoms with van der Waals surface area (Å²) in [6, 6.07) is 16.6. The molecule has 0 saturated carbocycles. The molecule has 2 heterocycles. The van der Waals surface area contributed by atoms with Crippen LogP contribution in [-0.4, -0.2) is 48.5 Å². The summed E-state index contributed by atoms with van der Waals surface area (Å²) < 4.78 is 11.0. The van der Waals surface area contributed by atoms with Crippen LogP contribution in [-0.2, 0) is 19.1 Å². The molecule has 180 valence electrons. The number of esters is 1. The number of hydrogen-bond donors (Lipinski definition) is 2. The fourth-order valence-electron chi connectivity index (χ4n) is 3.95. The minimum Gasteiger partial charge on any atom is -0.458 e. The zero-order valence-corrected chi connectivity index (χ0v) is 19.9. The fourth-order valence-corrected chi connectivity index (χ4v) is 3.95. The van der Waals surface area contributed by atoms with Crippen molar-refractivity contribution < 1.29 is 19.1 Å². The standard InChI is InChI=1S/C26H32N4O4/c1-26(2,3)34-25(32)23-17-22(29-30(23)21-7-5-4-6-8-21)24(31)28-19-11-9-18(10-12-19)27-20-13-15-33-16-14-20/h4-12,20,23,27H,13-17H2,1-3H3,(H,28,31). The van der Waals surface area contributed by atoms with E-state index in [0.29, 0.717) is 11.7 Å². The Labute approximate surface area is 200 Å². The molecule has 2 aromatic carbocycles. The SMILES string of the molecule is CC(C)(C)OC(=O)C1CC(C(=O)Nc2ccc(NC3CCOCC3)cc2)=NN1c1ccccc1. The molecule has 1 saturated heterocycles. The summed E-state index contributed by atoms with van der Waals surface area (Å²) in [6.07, 6.45) is 2.13. The number of carbonyl (C=O) groups is 2. The van der Waals surface area contributed by atoms with Crippen molar-refractivity contribution in [3.63, 3.8) is 0 Å². The van der Waals surface area contributed by atoms with Gasteiger partial charge >= 0.3 is 5.97 Å². The van der Waals surface area contributed by atoms with E-state index in [-0.39, 0.29) is 18.0 Å². The largest absolute Gasteiger partial charge is 0.458 e. The smallest absolute Gasteiger partial charge is 0.331 e. The summed E-state index contributed by atoms with van der Waals surface area (Å²) in [5.41, 5.74) is 2.04. The normalized spacial score (nSPS) is 18.9. The van der Waals surface area contributed by atoms with Gasteiger partial charge in [0.1, 0.15) is 11.3 Å². The van der Waals surface area contributed by atoms with E-state index in [9.17, 15) is 9.59 Å². The Hall–Kier alpha value is -3.39. The molecular formula is C26H32N4O4. The summed E-state index contributed by atoms with van der Waals surface area (Å²) in [7, 11) is 0. The monoisotopic (exact) mass is 464 g/mol. The molecule has 4 rings (SSSR count). The van der Waals surface area contributed by atoms with E-state index in [0.717, 1.165) is 37.4 Å². The fraction of sp³-hybridized carbons (Fsp3) is 0.423. The van der Waals surface area contributed by atoms with Crippen molar-refractivity contribution in [2.24, 2.45) is 5.10 Å². The highest BCUT2D eigenvalue weighted by Gasteiger charge is 2.38. The number of nitrogens with zero attached hydrogens (tertiary/aromatic N) is 2. The van der Waals surface area contributed by atoms with E-state index in [1.165, 1.54) is 0 Å². The minimum atomic E-state index is -0.701. The van der Waals surface area contributed by atoms with Crippen molar-refractivity contribution in [1.82, 2.24) is 0 Å². The van der Waals surface area contributed by atoms with Gasteiger partial charge in [0, 0.05) is 37.1 Å². The van der Waals surface area contributed by atoms with E-state index in [4.69, 9.17) is 9.47 Å². The second-order valence-electron chi connectivity index (χ2n) is 9.54. The third kappa shape index (κ3) is 6.14. The Morgan fingerprint density at radius 2 is 1.65 bits per heavy atom. The highest BCUT2D eigenvalue weighted by atomic mass is 16.6. The number of nitrogens with one attached hydrogen (secondary N) is 2. The average molecular weight is 465 g/mol. The molecular weight excluding hydrogens is 432 g/mol. The van der Waals surface area contributed by atoms with Gasteiger partial charge in [-0.05, 0) is 70.0 Å². The van der Waals surface area contributed by atoms with Crippen LogP contribution < -0.4 is 15.6 Å². The number of anilines is 3. The molecule has 1 unspecified atom stereocenters. The second-order valence-corrected chi connectivity index (χ2v) is 9.54. The van der Waals surface area contributed by atoms with Gasteiger partial charge in [-0.25, -0.2) is 4.79 Å². The van der Waals surface area contributed by atoms with Crippen LogP contribution in [0.2, 0.25) is 0 Å². The third-order valence-electron chi connectivity index (χ3n) is 5.61. The summed E-state index contributed by atoms with van der Waals surface area (Å²) in [4.78, 5) is 25.9. The maximum Gasteiger partial charge on any atom is 0.331 e. The second kappa shape index (κ2) is 10.3. The minimum absolute atomic E-state index is 0.166. The lowest BCUT2D eigenvalue weighted by Gasteiger charge is -2.26. The van der Waals surface area contributed by atoms with Crippen LogP contribution >= 0.6 is 0 Å². The van der Waals surface area contributed by atoms with Crippen molar-refractivity contribution in [2.75, 3.05) is 28.9 Å². The van der Waals surface area contributed by atoms with Crippen LogP contribution in [0.1, 0.15) is 40.0 Å². The Morgan fingerprint density at radius 3 is 2.29 bits per heavy atom. The van der Waals surface area contributed by atoms with Gasteiger partial charge in [0.25, 0.3) is 5.91 Å². The number of hydrogen-bond acceptors (Lipinski definition) is 7. The zero-order chi connectivity index (χ0) is 24.1. The molecule has 2 aliphatic heterocycles. The average Bonchev–Trinajstić information content (AvgIpc) is 3.27. The number of benzene rings is 2. The predicted octanol–water partition coefficient (Wildman–Crippen LogP) is 4.19. The molecule has 0 bridgehead atoms. The van der Waals surface area contributed by atoms with E-state index >= 15 is 0 Å². The Morgan fingerprint density at radius 1 is 1.00 bits per heavy atom. The van der Waals surface area contributed by atoms with Crippen molar-refractivity contribution in [1.29, 1.82) is 0 Å². The molecule has 1 atom stereocenters. The Kier molecular flexibility index (Phi) is 7.17. The molecule has 34 heavy (non-hydrogen) atoms. The molecule has 0 aliphatic carbocycles. The van der Waals surface area contributed by atoms with Crippen LogP contribution in [0, 0.1) is 0 Å². The molecule has 2 N–H and O–H groups in total. The van der Waals surface area contributed by atoms with Crippen molar-refractivity contribution in [2.45, 2.75) is 57.7 Å².